The number of anilines is 1. The molecule has 25 heavy (non-hydrogen) atoms. The Kier molecular flexibility index (Phi) is 6.42. The van der Waals surface area contributed by atoms with Crippen LogP contribution in [-0.2, 0) is 14.3 Å². The van der Waals surface area contributed by atoms with E-state index in [0.29, 0.717) is 29.7 Å². The normalized spacial score (nSPS) is 17.1. The zero-order valence-corrected chi connectivity index (χ0v) is 15.5. The molecule has 1 fully saturated rings. The van der Waals surface area contributed by atoms with Crippen LogP contribution in [0, 0.1) is 5.92 Å². The summed E-state index contributed by atoms with van der Waals surface area (Å²) in [6.07, 6.45) is 2.07. The Bertz CT molecular complexity index is 677. The summed E-state index contributed by atoms with van der Waals surface area (Å²) in [6, 6.07) is 4.51. The van der Waals surface area contributed by atoms with Crippen LogP contribution in [0.5, 0.6) is 0 Å². The van der Waals surface area contributed by atoms with Gasteiger partial charge in [0.1, 0.15) is 6.54 Å². The molecule has 0 N–H and O–H groups in total. The Morgan fingerprint density at radius 1 is 1.36 bits per heavy atom. The molecule has 1 saturated heterocycles. The molecule has 1 atom stereocenters. The second-order valence-corrected chi connectivity index (χ2v) is 6.76. The summed E-state index contributed by atoms with van der Waals surface area (Å²) >= 11 is 6.20. The lowest BCUT2D eigenvalue weighted by Crippen LogP contribution is -2.46. The molecule has 0 aliphatic carbocycles. The average Bonchev–Trinajstić information content (AvgIpc) is 2.59. The molecule has 1 unspecified atom stereocenters. The summed E-state index contributed by atoms with van der Waals surface area (Å²) in [7, 11) is 1.28. The highest BCUT2D eigenvalue weighted by atomic mass is 35.5. The Balaban J connectivity index is 2.24. The first kappa shape index (κ1) is 19.2. The number of rotatable bonds is 4. The average molecular weight is 367 g/mol. The second-order valence-electron chi connectivity index (χ2n) is 6.35. The molecule has 1 heterocycles. The Hall–Kier alpha value is -2.08. The van der Waals surface area contributed by atoms with Crippen LogP contribution >= 0.6 is 11.6 Å². The highest BCUT2D eigenvalue weighted by Crippen LogP contribution is 2.28. The van der Waals surface area contributed by atoms with E-state index in [1.807, 2.05) is 0 Å². The molecule has 1 aliphatic rings. The van der Waals surface area contributed by atoms with Crippen molar-refractivity contribution >= 4 is 35.1 Å². The van der Waals surface area contributed by atoms with Gasteiger partial charge in [0, 0.05) is 20.0 Å². The second kappa shape index (κ2) is 8.34. The smallest absolute Gasteiger partial charge is 0.337 e. The zero-order valence-electron chi connectivity index (χ0n) is 14.8. The van der Waals surface area contributed by atoms with Crippen LogP contribution in [0.1, 0.15) is 37.0 Å². The maximum absolute atomic E-state index is 12.6. The van der Waals surface area contributed by atoms with Crippen LogP contribution in [0.2, 0.25) is 5.02 Å². The van der Waals surface area contributed by atoms with Gasteiger partial charge in [-0.3, -0.25) is 9.59 Å². The van der Waals surface area contributed by atoms with Crippen LogP contribution in [0.25, 0.3) is 0 Å². The molecule has 0 spiro atoms. The van der Waals surface area contributed by atoms with E-state index in [1.54, 1.807) is 4.90 Å². The molecule has 1 aromatic carbocycles. The van der Waals surface area contributed by atoms with Crippen molar-refractivity contribution in [3.63, 3.8) is 0 Å². The van der Waals surface area contributed by atoms with Crippen LogP contribution in [0.3, 0.4) is 0 Å². The third-order valence-corrected chi connectivity index (χ3v) is 4.66. The minimum absolute atomic E-state index is 0.105. The summed E-state index contributed by atoms with van der Waals surface area (Å²) < 4.78 is 4.70. The van der Waals surface area contributed by atoms with Gasteiger partial charge < -0.3 is 14.5 Å². The number of halogens is 1. The lowest BCUT2D eigenvalue weighted by Gasteiger charge is -2.33. The quantitative estimate of drug-likeness (QED) is 0.768. The van der Waals surface area contributed by atoms with E-state index < -0.39 is 5.97 Å². The van der Waals surface area contributed by atoms with Crippen molar-refractivity contribution in [2.75, 3.05) is 31.6 Å². The summed E-state index contributed by atoms with van der Waals surface area (Å²) in [6.45, 7) is 4.77. The maximum Gasteiger partial charge on any atom is 0.337 e. The molecule has 6 nitrogen and oxygen atoms in total. The number of carbonyl (C=O) groups is 3. The first-order chi connectivity index (χ1) is 11.8. The standard InChI is InChI=1S/C18H23ClN2O4/c1-12-5-4-8-20(10-12)17(23)11-21(13(2)22)16-9-14(18(24)25-3)6-7-15(16)19/h6-7,9,12H,4-5,8,10-11H2,1-3H3. The first-order valence-electron chi connectivity index (χ1n) is 8.27. The monoisotopic (exact) mass is 366 g/mol. The number of carbonyl (C=O) groups excluding carboxylic acids is 3. The zero-order chi connectivity index (χ0) is 18.6. The van der Waals surface area contributed by atoms with E-state index in [9.17, 15) is 14.4 Å². The van der Waals surface area contributed by atoms with Crippen LogP contribution in [0.15, 0.2) is 18.2 Å². The minimum Gasteiger partial charge on any atom is -0.465 e. The third kappa shape index (κ3) is 4.72. The highest BCUT2D eigenvalue weighted by Gasteiger charge is 2.25. The number of benzene rings is 1. The molecule has 2 rings (SSSR count). The summed E-state index contributed by atoms with van der Waals surface area (Å²) in [5.41, 5.74) is 0.600. The number of nitrogens with zero attached hydrogens (tertiary/aromatic N) is 2. The number of esters is 1. The van der Waals surface area contributed by atoms with Gasteiger partial charge in [-0.15, -0.1) is 0 Å². The molecule has 0 saturated carbocycles. The van der Waals surface area contributed by atoms with E-state index >= 15 is 0 Å². The van der Waals surface area contributed by atoms with Gasteiger partial charge in [0.25, 0.3) is 0 Å². The number of hydrogen-bond donors (Lipinski definition) is 0. The number of ether oxygens (including phenoxy) is 1. The van der Waals surface area contributed by atoms with Crippen molar-refractivity contribution in [3.8, 4) is 0 Å². The van der Waals surface area contributed by atoms with Gasteiger partial charge in [0.05, 0.1) is 23.4 Å². The van der Waals surface area contributed by atoms with E-state index in [2.05, 4.69) is 6.92 Å². The molecule has 136 valence electrons. The van der Waals surface area contributed by atoms with Gasteiger partial charge in [-0.25, -0.2) is 4.79 Å². The van der Waals surface area contributed by atoms with Crippen LogP contribution in [-0.4, -0.2) is 49.4 Å². The molecule has 0 radical (unpaired) electrons. The van der Waals surface area contributed by atoms with Crippen molar-refractivity contribution in [3.05, 3.63) is 28.8 Å². The van der Waals surface area contributed by atoms with Gasteiger partial charge in [0.15, 0.2) is 0 Å². The van der Waals surface area contributed by atoms with Crippen molar-refractivity contribution in [2.45, 2.75) is 26.7 Å². The van der Waals surface area contributed by atoms with Crippen molar-refractivity contribution in [2.24, 2.45) is 5.92 Å². The molecule has 1 aromatic rings. The molecular formula is C18H23ClN2O4. The van der Waals surface area contributed by atoms with E-state index in [4.69, 9.17) is 16.3 Å². The van der Waals surface area contributed by atoms with E-state index in [0.717, 1.165) is 12.8 Å². The minimum atomic E-state index is -0.530. The van der Waals surface area contributed by atoms with Gasteiger partial charge in [-0.1, -0.05) is 18.5 Å². The highest BCUT2D eigenvalue weighted by molar-refractivity contribution is 6.34. The first-order valence-corrected chi connectivity index (χ1v) is 8.65. The maximum atomic E-state index is 12.6. The predicted molar refractivity (Wildman–Crippen MR) is 95.8 cm³/mol. The Morgan fingerprint density at radius 2 is 2.08 bits per heavy atom. The molecule has 7 heteroatoms. The predicted octanol–water partition coefficient (Wildman–Crippen LogP) is 2.74. The fourth-order valence-electron chi connectivity index (χ4n) is 2.98. The SMILES string of the molecule is COC(=O)c1ccc(Cl)c(N(CC(=O)N2CCCC(C)C2)C(C)=O)c1. The summed E-state index contributed by atoms with van der Waals surface area (Å²) in [4.78, 5) is 39.5. The Labute approximate surface area is 152 Å². The fourth-order valence-corrected chi connectivity index (χ4v) is 3.20. The van der Waals surface area contributed by atoms with Crippen molar-refractivity contribution in [1.29, 1.82) is 0 Å². The number of piperidine rings is 1. The summed E-state index contributed by atoms with van der Waals surface area (Å²) in [5, 5.41) is 0.294. The lowest BCUT2D eigenvalue weighted by atomic mass is 10.0. The number of likely N-dealkylation sites (tertiary alicyclic amines) is 1. The van der Waals surface area contributed by atoms with Gasteiger partial charge in [-0.2, -0.15) is 0 Å². The summed E-state index contributed by atoms with van der Waals surface area (Å²) in [5.74, 6) is -0.518. The van der Waals surface area contributed by atoms with Crippen LogP contribution in [0.4, 0.5) is 5.69 Å². The molecule has 0 bridgehead atoms. The van der Waals surface area contributed by atoms with Crippen LogP contribution < -0.4 is 4.90 Å². The fraction of sp³-hybridized carbons (Fsp3) is 0.500. The lowest BCUT2D eigenvalue weighted by molar-refractivity contribution is -0.132. The van der Waals surface area contributed by atoms with Gasteiger partial charge in [-0.05, 0) is 37.0 Å². The number of hydrogen-bond acceptors (Lipinski definition) is 4. The third-order valence-electron chi connectivity index (χ3n) is 4.34. The van der Waals surface area contributed by atoms with Gasteiger partial charge in [0.2, 0.25) is 11.8 Å². The largest absolute Gasteiger partial charge is 0.465 e. The van der Waals surface area contributed by atoms with Crippen molar-refractivity contribution < 1.29 is 19.1 Å². The molecule has 2 amide bonds. The topological polar surface area (TPSA) is 66.9 Å². The van der Waals surface area contributed by atoms with Gasteiger partial charge >= 0.3 is 5.97 Å². The molecule has 1 aliphatic heterocycles. The molecular weight excluding hydrogens is 344 g/mol. The number of amides is 2. The van der Waals surface area contributed by atoms with Crippen molar-refractivity contribution in [1.82, 2.24) is 4.90 Å². The Morgan fingerprint density at radius 3 is 2.68 bits per heavy atom. The molecule has 0 aromatic heterocycles. The van der Waals surface area contributed by atoms with E-state index in [1.165, 1.54) is 37.1 Å². The van der Waals surface area contributed by atoms with E-state index in [-0.39, 0.29) is 23.9 Å². The number of methoxy groups -OCH3 is 1.